The number of nitrogens with one attached hydrogen (secondary N) is 2. The van der Waals surface area contributed by atoms with E-state index in [2.05, 4.69) is 20.8 Å². The van der Waals surface area contributed by atoms with E-state index in [1.54, 1.807) is 25.3 Å². The van der Waals surface area contributed by atoms with Crippen molar-refractivity contribution in [1.29, 1.82) is 0 Å². The van der Waals surface area contributed by atoms with Crippen LogP contribution in [0.3, 0.4) is 0 Å². The van der Waals surface area contributed by atoms with Crippen LogP contribution >= 0.6 is 35.0 Å². The highest BCUT2D eigenvalue weighted by atomic mass is 35.5. The number of benzene rings is 2. The first-order valence-electron chi connectivity index (χ1n) is 10.5. The molecule has 180 valence electrons. The highest BCUT2D eigenvalue weighted by Crippen LogP contribution is 2.24. The van der Waals surface area contributed by atoms with Gasteiger partial charge in [0.05, 0.1) is 25.3 Å². The van der Waals surface area contributed by atoms with Crippen LogP contribution in [-0.4, -0.2) is 39.4 Å². The van der Waals surface area contributed by atoms with Crippen molar-refractivity contribution in [3.05, 3.63) is 63.9 Å². The highest BCUT2D eigenvalue weighted by molar-refractivity contribution is 7.99. The molecule has 0 aliphatic heterocycles. The molecule has 0 fully saturated rings. The number of carbonyl (C=O) groups excluding carboxylic acids is 2. The van der Waals surface area contributed by atoms with Crippen molar-refractivity contribution in [3.8, 4) is 5.75 Å². The second-order valence-electron chi connectivity index (χ2n) is 7.39. The molecular formula is C23H25Cl2N5O3S. The molecule has 1 aromatic heterocycles. The Kier molecular flexibility index (Phi) is 9.20. The summed E-state index contributed by atoms with van der Waals surface area (Å²) in [4.78, 5) is 24.9. The van der Waals surface area contributed by atoms with Gasteiger partial charge in [0.15, 0.2) is 11.0 Å². The number of rotatable bonds is 10. The fourth-order valence-corrected chi connectivity index (χ4v) is 4.60. The molecule has 8 nitrogen and oxygen atoms in total. The minimum Gasteiger partial charge on any atom is -0.497 e. The zero-order chi connectivity index (χ0) is 24.7. The molecule has 2 amide bonds. The summed E-state index contributed by atoms with van der Waals surface area (Å²) in [5.41, 5.74) is 1.40. The molecule has 0 saturated carbocycles. The molecule has 11 heteroatoms. The van der Waals surface area contributed by atoms with Crippen molar-refractivity contribution >= 4 is 52.5 Å². The van der Waals surface area contributed by atoms with Gasteiger partial charge in [-0.3, -0.25) is 9.59 Å². The largest absolute Gasteiger partial charge is 0.497 e. The summed E-state index contributed by atoms with van der Waals surface area (Å²) in [7, 11) is 1.60. The van der Waals surface area contributed by atoms with Crippen molar-refractivity contribution in [3.63, 3.8) is 0 Å². The van der Waals surface area contributed by atoms with Gasteiger partial charge in [0.25, 0.3) is 0 Å². The Balaban J connectivity index is 1.57. The van der Waals surface area contributed by atoms with Crippen molar-refractivity contribution in [1.82, 2.24) is 20.1 Å². The average molecular weight is 522 g/mol. The van der Waals surface area contributed by atoms with Gasteiger partial charge in [-0.1, -0.05) is 47.1 Å². The summed E-state index contributed by atoms with van der Waals surface area (Å²) in [6, 6.07) is 11.8. The van der Waals surface area contributed by atoms with Crippen molar-refractivity contribution < 1.29 is 14.3 Å². The third-order valence-electron chi connectivity index (χ3n) is 4.83. The number of thioether (sulfide) groups is 1. The van der Waals surface area contributed by atoms with Gasteiger partial charge in [-0.15, -0.1) is 10.2 Å². The van der Waals surface area contributed by atoms with E-state index in [1.807, 2.05) is 42.7 Å². The van der Waals surface area contributed by atoms with Gasteiger partial charge < -0.3 is 19.9 Å². The van der Waals surface area contributed by atoms with E-state index in [0.29, 0.717) is 33.3 Å². The first-order chi connectivity index (χ1) is 16.3. The Bertz CT molecular complexity index is 1130. The van der Waals surface area contributed by atoms with E-state index in [9.17, 15) is 9.59 Å². The molecule has 0 bridgehead atoms. The molecule has 2 aromatic carbocycles. The number of anilines is 1. The fraction of sp³-hybridized carbons (Fsp3) is 0.304. The Morgan fingerprint density at radius 1 is 1.09 bits per heavy atom. The van der Waals surface area contributed by atoms with Gasteiger partial charge >= 0.3 is 0 Å². The molecule has 1 atom stereocenters. The topological polar surface area (TPSA) is 98.1 Å². The van der Waals surface area contributed by atoms with Crippen LogP contribution in [0, 0.1) is 0 Å². The number of halogens is 2. The zero-order valence-corrected chi connectivity index (χ0v) is 21.3. The SMILES string of the molecule is CCn1c(SCC(=O)Nc2cc(Cl)cc(Cl)c2)nnc1[C@H](C)NC(=O)Cc1ccc(OC)cc1. The van der Waals surface area contributed by atoms with Crippen LogP contribution in [0.1, 0.15) is 31.3 Å². The molecule has 0 spiro atoms. The third-order valence-corrected chi connectivity index (χ3v) is 6.23. The molecule has 3 rings (SSSR count). The lowest BCUT2D eigenvalue weighted by atomic mass is 10.1. The predicted molar refractivity (Wildman–Crippen MR) is 135 cm³/mol. The predicted octanol–water partition coefficient (Wildman–Crippen LogP) is 4.76. The number of hydrogen-bond donors (Lipinski definition) is 2. The minimum absolute atomic E-state index is 0.125. The summed E-state index contributed by atoms with van der Waals surface area (Å²) in [6.45, 7) is 4.40. The lowest BCUT2D eigenvalue weighted by Gasteiger charge is -2.15. The van der Waals surface area contributed by atoms with Crippen LogP contribution in [0.4, 0.5) is 5.69 Å². The van der Waals surface area contributed by atoms with E-state index >= 15 is 0 Å². The smallest absolute Gasteiger partial charge is 0.234 e. The molecule has 0 unspecified atom stereocenters. The van der Waals surface area contributed by atoms with Gasteiger partial charge in [-0.2, -0.15) is 0 Å². The van der Waals surface area contributed by atoms with E-state index in [0.717, 1.165) is 11.3 Å². The van der Waals surface area contributed by atoms with Crippen LogP contribution in [0.5, 0.6) is 5.75 Å². The normalized spacial score (nSPS) is 11.7. The Hall–Kier alpha value is -2.75. The monoisotopic (exact) mass is 521 g/mol. The quantitative estimate of drug-likeness (QED) is 0.373. The number of ether oxygens (including phenoxy) is 1. The molecule has 2 N–H and O–H groups in total. The highest BCUT2D eigenvalue weighted by Gasteiger charge is 2.20. The Labute approximate surface area is 212 Å². The lowest BCUT2D eigenvalue weighted by molar-refractivity contribution is -0.121. The fourth-order valence-electron chi connectivity index (χ4n) is 3.26. The average Bonchev–Trinajstić information content (AvgIpc) is 3.20. The molecule has 0 aliphatic rings. The van der Waals surface area contributed by atoms with Gasteiger partial charge in [-0.25, -0.2) is 0 Å². The second-order valence-corrected chi connectivity index (χ2v) is 9.21. The first-order valence-corrected chi connectivity index (χ1v) is 12.3. The first kappa shape index (κ1) is 25.9. The van der Waals surface area contributed by atoms with E-state index in [1.165, 1.54) is 11.8 Å². The summed E-state index contributed by atoms with van der Waals surface area (Å²) in [5.74, 6) is 1.13. The standard InChI is InChI=1S/C23H25Cl2N5O3S/c1-4-30-22(14(2)26-20(31)9-15-5-7-19(33-3)8-6-15)28-29-23(30)34-13-21(32)27-18-11-16(24)10-17(25)12-18/h5-8,10-12,14H,4,9,13H2,1-3H3,(H,26,31)(H,27,32)/t14-/m0/s1. The second kappa shape index (κ2) is 12.1. The van der Waals surface area contributed by atoms with Crippen LogP contribution in [0.15, 0.2) is 47.6 Å². The number of aromatic nitrogens is 3. The zero-order valence-electron chi connectivity index (χ0n) is 19.0. The Morgan fingerprint density at radius 3 is 2.38 bits per heavy atom. The summed E-state index contributed by atoms with van der Waals surface area (Å²) in [6.07, 6.45) is 0.240. The maximum absolute atomic E-state index is 12.5. The number of nitrogens with zero attached hydrogens (tertiary/aromatic N) is 3. The van der Waals surface area contributed by atoms with Crippen LogP contribution < -0.4 is 15.4 Å². The molecule has 0 saturated heterocycles. The van der Waals surface area contributed by atoms with E-state index in [4.69, 9.17) is 27.9 Å². The summed E-state index contributed by atoms with van der Waals surface area (Å²) in [5, 5.41) is 15.7. The van der Waals surface area contributed by atoms with Gasteiger partial charge in [0, 0.05) is 22.3 Å². The summed E-state index contributed by atoms with van der Waals surface area (Å²) >= 11 is 13.2. The van der Waals surface area contributed by atoms with E-state index < -0.39 is 0 Å². The Morgan fingerprint density at radius 2 is 1.76 bits per heavy atom. The minimum atomic E-state index is -0.352. The number of amides is 2. The number of carbonyl (C=O) groups is 2. The van der Waals surface area contributed by atoms with Gasteiger partial charge in [0.2, 0.25) is 11.8 Å². The van der Waals surface area contributed by atoms with Crippen molar-refractivity contribution in [2.75, 3.05) is 18.2 Å². The van der Waals surface area contributed by atoms with Crippen molar-refractivity contribution in [2.45, 2.75) is 38.0 Å². The van der Waals surface area contributed by atoms with Crippen molar-refractivity contribution in [2.24, 2.45) is 0 Å². The molecule has 0 radical (unpaired) electrons. The van der Waals surface area contributed by atoms with Gasteiger partial charge in [-0.05, 0) is 49.7 Å². The number of hydrogen-bond acceptors (Lipinski definition) is 6. The maximum atomic E-state index is 12.5. The molecule has 3 aromatic rings. The molecular weight excluding hydrogens is 497 g/mol. The molecule has 1 heterocycles. The summed E-state index contributed by atoms with van der Waals surface area (Å²) < 4.78 is 7.02. The number of methoxy groups -OCH3 is 1. The van der Waals surface area contributed by atoms with Gasteiger partial charge in [0.1, 0.15) is 5.75 Å². The maximum Gasteiger partial charge on any atom is 0.234 e. The van der Waals surface area contributed by atoms with E-state index in [-0.39, 0.29) is 30.0 Å². The molecule has 0 aliphatic carbocycles. The molecule has 34 heavy (non-hydrogen) atoms. The lowest BCUT2D eigenvalue weighted by Crippen LogP contribution is -2.30. The van der Waals surface area contributed by atoms with Crippen LogP contribution in [0.25, 0.3) is 0 Å². The van der Waals surface area contributed by atoms with Crippen LogP contribution in [0.2, 0.25) is 10.0 Å². The van der Waals surface area contributed by atoms with Crippen LogP contribution in [-0.2, 0) is 22.6 Å². The third kappa shape index (κ3) is 7.12.